The van der Waals surface area contributed by atoms with Crippen molar-refractivity contribution >= 4 is 40.2 Å². The van der Waals surface area contributed by atoms with Crippen LogP contribution in [-0.2, 0) is 10.8 Å². The van der Waals surface area contributed by atoms with Gasteiger partial charge in [-0.3, -0.25) is 0 Å². The van der Waals surface area contributed by atoms with Crippen molar-refractivity contribution in [2.45, 2.75) is 57.8 Å². The van der Waals surface area contributed by atoms with Crippen LogP contribution in [0, 0.1) is 30.6 Å². The Bertz CT molecular complexity index is 684. The van der Waals surface area contributed by atoms with Crippen LogP contribution in [0.3, 0.4) is 0 Å². The number of phenols is 1. The van der Waals surface area contributed by atoms with Crippen molar-refractivity contribution in [3.8, 4) is 30.4 Å². The molecule has 0 aliphatic carbocycles. The summed E-state index contributed by atoms with van der Waals surface area (Å²) in [6, 6.07) is 3.75. The Balaban J connectivity index is 3.19. The van der Waals surface area contributed by atoms with Crippen LogP contribution in [0.5, 0.6) is 5.75 Å². The van der Waals surface area contributed by atoms with E-state index in [2.05, 4.69) is 77.6 Å². The first kappa shape index (κ1) is 22.3. The second-order valence-electron chi connectivity index (χ2n) is 7.90. The molecule has 0 amide bonds. The zero-order valence-electron chi connectivity index (χ0n) is 15.7. The molecule has 1 unspecified atom stereocenters. The molecule has 0 heterocycles. The summed E-state index contributed by atoms with van der Waals surface area (Å²) in [5.74, 6) is 5.61. The van der Waals surface area contributed by atoms with Gasteiger partial charge in [0.2, 0.25) is 0 Å². The second-order valence-corrected chi connectivity index (χ2v) is 14.3. The predicted octanol–water partition coefficient (Wildman–Crippen LogP) is 6.12. The van der Waals surface area contributed by atoms with Crippen LogP contribution in [0.2, 0.25) is 18.1 Å². The van der Waals surface area contributed by atoms with Crippen LogP contribution < -0.4 is 0 Å². The van der Waals surface area contributed by atoms with Crippen LogP contribution in [0.25, 0.3) is 0 Å². The summed E-state index contributed by atoms with van der Waals surface area (Å²) in [6.07, 6.45) is 12.3. The number of rotatable bonds is 5. The van der Waals surface area contributed by atoms with E-state index >= 15 is 0 Å². The van der Waals surface area contributed by atoms with Gasteiger partial charge in [-0.1, -0.05) is 39.5 Å². The lowest BCUT2D eigenvalue weighted by Crippen LogP contribution is -2.51. The van der Waals surface area contributed by atoms with Crippen molar-refractivity contribution in [2.24, 2.45) is 5.92 Å². The fraction of sp³-hybridized carbons (Fsp3) is 0.500. The summed E-state index contributed by atoms with van der Waals surface area (Å²) in [6.45, 7) is 12.8. The minimum absolute atomic E-state index is 0.0102. The first-order valence-electron chi connectivity index (χ1n) is 8.12. The molecule has 136 valence electrons. The largest absolute Gasteiger partial charge is 0.506 e. The van der Waals surface area contributed by atoms with Crippen molar-refractivity contribution in [2.75, 3.05) is 0 Å². The van der Waals surface area contributed by atoms with E-state index in [1.54, 1.807) is 0 Å². The third kappa shape index (κ3) is 4.92. The quantitative estimate of drug-likeness (QED) is 0.401. The minimum Gasteiger partial charge on any atom is -0.506 e. The summed E-state index contributed by atoms with van der Waals surface area (Å²) in [7, 11) is -2.14. The molecular formula is C20H26Br2O2Si. The molecule has 2 nitrogen and oxygen atoms in total. The van der Waals surface area contributed by atoms with Gasteiger partial charge in [0, 0.05) is 5.92 Å². The molecule has 0 aromatic heterocycles. The highest BCUT2D eigenvalue weighted by Crippen LogP contribution is 2.41. The molecule has 0 radical (unpaired) electrons. The number of hydrogen-bond donors (Lipinski definition) is 1. The Labute approximate surface area is 170 Å². The lowest BCUT2D eigenvalue weighted by molar-refractivity contribution is 0.113. The molecule has 1 N–H and O–H groups in total. The smallest absolute Gasteiger partial charge is 0.195 e. The normalized spacial score (nSPS) is 13.8. The van der Waals surface area contributed by atoms with E-state index in [1.165, 1.54) is 0 Å². The maximum atomic E-state index is 9.88. The number of aromatic hydroxyl groups is 1. The monoisotopic (exact) mass is 484 g/mol. The lowest BCUT2D eigenvalue weighted by atomic mass is 9.85. The molecule has 25 heavy (non-hydrogen) atoms. The molecule has 1 aromatic rings. The van der Waals surface area contributed by atoms with Gasteiger partial charge in [-0.15, -0.1) is 12.8 Å². The summed E-state index contributed by atoms with van der Waals surface area (Å²) in [5, 5.41) is 9.89. The molecule has 5 heteroatoms. The first-order chi connectivity index (χ1) is 11.3. The van der Waals surface area contributed by atoms with E-state index < -0.39 is 13.9 Å². The second kappa shape index (κ2) is 7.88. The summed E-state index contributed by atoms with van der Waals surface area (Å²) in [5.41, 5.74) is -0.0439. The Hall–Kier alpha value is -0.723. The maximum Gasteiger partial charge on any atom is 0.195 e. The van der Waals surface area contributed by atoms with Crippen LogP contribution in [0.1, 0.15) is 33.3 Å². The van der Waals surface area contributed by atoms with E-state index in [0.29, 0.717) is 15.4 Å². The zero-order chi connectivity index (χ0) is 19.6. The third-order valence-electron chi connectivity index (χ3n) is 4.96. The van der Waals surface area contributed by atoms with Crippen LogP contribution in [0.15, 0.2) is 21.1 Å². The van der Waals surface area contributed by atoms with Gasteiger partial charge in [0.1, 0.15) is 5.75 Å². The minimum atomic E-state index is -2.14. The van der Waals surface area contributed by atoms with Gasteiger partial charge in [-0.2, -0.15) is 0 Å². The van der Waals surface area contributed by atoms with Crippen LogP contribution in [0.4, 0.5) is 0 Å². The SMILES string of the molecule is C#CC(C#C)(O[Si](C)(C)C(C)(C)C)C(C)Cc1cc(Br)c(O)c(Br)c1. The van der Waals surface area contributed by atoms with E-state index in [9.17, 15) is 5.11 Å². The fourth-order valence-corrected chi connectivity index (χ4v) is 4.99. The van der Waals surface area contributed by atoms with Crippen molar-refractivity contribution in [1.82, 2.24) is 0 Å². The molecule has 1 aromatic carbocycles. The Morgan fingerprint density at radius 3 is 1.96 bits per heavy atom. The third-order valence-corrected chi connectivity index (χ3v) is 10.6. The van der Waals surface area contributed by atoms with Gasteiger partial charge < -0.3 is 9.53 Å². The summed E-state index contributed by atoms with van der Waals surface area (Å²) in [4.78, 5) is 0. The average Bonchev–Trinajstić information content (AvgIpc) is 2.49. The number of hydrogen-bond acceptors (Lipinski definition) is 2. The number of terminal acetylenes is 2. The Kier molecular flexibility index (Phi) is 7.04. The molecule has 0 saturated carbocycles. The number of halogens is 2. The highest BCUT2D eigenvalue weighted by Gasteiger charge is 2.46. The first-order valence-corrected chi connectivity index (χ1v) is 12.6. The Morgan fingerprint density at radius 1 is 1.16 bits per heavy atom. The van der Waals surface area contributed by atoms with E-state index in [-0.39, 0.29) is 16.7 Å². The highest BCUT2D eigenvalue weighted by atomic mass is 79.9. The van der Waals surface area contributed by atoms with Gasteiger partial charge in [0.05, 0.1) is 8.95 Å². The topological polar surface area (TPSA) is 29.5 Å². The number of phenolic OH excluding ortho intramolecular Hbond substituents is 1. The lowest BCUT2D eigenvalue weighted by Gasteiger charge is -2.43. The number of benzene rings is 1. The van der Waals surface area contributed by atoms with E-state index in [0.717, 1.165) is 5.56 Å². The van der Waals surface area contributed by atoms with Gasteiger partial charge in [-0.25, -0.2) is 0 Å². The molecule has 0 aliphatic rings. The van der Waals surface area contributed by atoms with Crippen molar-refractivity contribution < 1.29 is 9.53 Å². The van der Waals surface area contributed by atoms with E-state index in [1.807, 2.05) is 19.1 Å². The zero-order valence-corrected chi connectivity index (χ0v) is 19.9. The molecule has 1 atom stereocenters. The van der Waals surface area contributed by atoms with Crippen LogP contribution in [-0.4, -0.2) is 19.0 Å². The molecule has 0 bridgehead atoms. The van der Waals surface area contributed by atoms with Crippen molar-refractivity contribution in [3.63, 3.8) is 0 Å². The standard InChI is InChI=1S/C20H26Br2O2Si/c1-9-20(10-2,24-25(7,8)19(4,5)6)14(3)11-15-12-16(21)18(23)17(22)13-15/h1-2,12-14,23H,11H2,3-8H3. The van der Waals surface area contributed by atoms with Gasteiger partial charge in [0.25, 0.3) is 0 Å². The molecule has 0 saturated heterocycles. The predicted molar refractivity (Wildman–Crippen MR) is 115 cm³/mol. The van der Waals surface area contributed by atoms with Gasteiger partial charge >= 0.3 is 0 Å². The molecule has 1 rings (SSSR count). The van der Waals surface area contributed by atoms with Gasteiger partial charge in [-0.05, 0) is 74.1 Å². The maximum absolute atomic E-state index is 9.88. The summed E-state index contributed by atoms with van der Waals surface area (Å²) >= 11 is 6.72. The van der Waals surface area contributed by atoms with E-state index in [4.69, 9.17) is 17.3 Å². The van der Waals surface area contributed by atoms with Crippen LogP contribution >= 0.6 is 31.9 Å². The van der Waals surface area contributed by atoms with Crippen molar-refractivity contribution in [1.29, 1.82) is 0 Å². The van der Waals surface area contributed by atoms with Crippen molar-refractivity contribution in [3.05, 3.63) is 26.6 Å². The van der Waals surface area contributed by atoms with Gasteiger partial charge in [0.15, 0.2) is 13.9 Å². The molecule has 0 fully saturated rings. The fourth-order valence-electron chi connectivity index (χ4n) is 2.27. The average molecular weight is 486 g/mol. The molecule has 0 aliphatic heterocycles. The molecular weight excluding hydrogens is 460 g/mol. The Morgan fingerprint density at radius 2 is 1.60 bits per heavy atom. The highest BCUT2D eigenvalue weighted by molar-refractivity contribution is 9.11. The molecule has 0 spiro atoms. The summed E-state index contributed by atoms with van der Waals surface area (Å²) < 4.78 is 7.75.